The summed E-state index contributed by atoms with van der Waals surface area (Å²) in [6, 6.07) is 8.65. The van der Waals surface area contributed by atoms with Crippen molar-refractivity contribution in [2.24, 2.45) is 0 Å². The number of nitrogens with zero attached hydrogens (tertiary/aromatic N) is 3. The van der Waals surface area contributed by atoms with Crippen molar-refractivity contribution >= 4 is 21.9 Å². The molecule has 0 spiro atoms. The van der Waals surface area contributed by atoms with Crippen LogP contribution in [0.5, 0.6) is 11.5 Å². The molecule has 37 heavy (non-hydrogen) atoms. The molecule has 1 saturated heterocycles. The van der Waals surface area contributed by atoms with Crippen molar-refractivity contribution in [3.05, 3.63) is 53.1 Å². The third-order valence-corrected chi connectivity index (χ3v) is 8.89. The summed E-state index contributed by atoms with van der Waals surface area (Å²) in [5.74, 6) is -0.186. The monoisotopic (exact) mass is 531 g/mol. The van der Waals surface area contributed by atoms with Crippen molar-refractivity contribution < 1.29 is 32.2 Å². The Morgan fingerprint density at radius 2 is 1.65 bits per heavy atom. The van der Waals surface area contributed by atoms with E-state index >= 15 is 0 Å². The molecule has 1 unspecified atom stereocenters. The lowest BCUT2D eigenvalue weighted by molar-refractivity contribution is -0.146. The summed E-state index contributed by atoms with van der Waals surface area (Å²) in [5, 5.41) is 0. The number of hydrogen-bond donors (Lipinski definition) is 0. The van der Waals surface area contributed by atoms with Gasteiger partial charge in [-0.2, -0.15) is 4.31 Å². The highest BCUT2D eigenvalue weighted by Crippen LogP contribution is 2.39. The van der Waals surface area contributed by atoms with E-state index in [9.17, 15) is 18.0 Å². The lowest BCUT2D eigenvalue weighted by Crippen LogP contribution is -2.44. The van der Waals surface area contributed by atoms with Crippen molar-refractivity contribution in [1.82, 2.24) is 14.1 Å². The van der Waals surface area contributed by atoms with Crippen LogP contribution in [0.15, 0.2) is 41.3 Å². The summed E-state index contributed by atoms with van der Waals surface area (Å²) in [5.41, 5.74) is 1.54. The number of ether oxygens (including phenoxy) is 3. The van der Waals surface area contributed by atoms with Gasteiger partial charge in [-0.15, -0.1) is 0 Å². The second kappa shape index (κ2) is 11.1. The van der Waals surface area contributed by atoms with Gasteiger partial charge in [-0.25, -0.2) is 13.2 Å². The molecule has 0 aliphatic carbocycles. The van der Waals surface area contributed by atoms with Crippen molar-refractivity contribution in [3.8, 4) is 11.5 Å². The molecule has 0 radical (unpaired) electrons. The van der Waals surface area contributed by atoms with Gasteiger partial charge < -0.3 is 24.0 Å². The minimum Gasteiger partial charge on any atom is -0.497 e. The Balaban J connectivity index is 1.77. The molecule has 10 nitrogen and oxygen atoms in total. The third-order valence-electron chi connectivity index (χ3n) is 6.97. The van der Waals surface area contributed by atoms with Crippen LogP contribution in [-0.4, -0.2) is 95.5 Å². The summed E-state index contributed by atoms with van der Waals surface area (Å²) in [6.45, 7) is 2.41. The first kappa shape index (κ1) is 26.9. The zero-order valence-electron chi connectivity index (χ0n) is 21.6. The minimum atomic E-state index is -3.93. The summed E-state index contributed by atoms with van der Waals surface area (Å²) < 4.78 is 44.8. The Labute approximate surface area is 217 Å². The maximum atomic E-state index is 13.8. The van der Waals surface area contributed by atoms with E-state index in [-0.39, 0.29) is 23.1 Å². The zero-order chi connectivity index (χ0) is 26.7. The maximum absolute atomic E-state index is 13.8. The first-order valence-corrected chi connectivity index (χ1v) is 13.6. The van der Waals surface area contributed by atoms with Crippen molar-refractivity contribution in [1.29, 1.82) is 0 Å². The predicted octanol–water partition coefficient (Wildman–Crippen LogP) is 1.94. The van der Waals surface area contributed by atoms with Crippen molar-refractivity contribution in [3.63, 3.8) is 0 Å². The highest BCUT2D eigenvalue weighted by molar-refractivity contribution is 7.89. The van der Waals surface area contributed by atoms with E-state index in [2.05, 4.69) is 4.90 Å². The maximum Gasteiger partial charge on any atom is 0.333 e. The molecule has 2 aromatic carbocycles. The smallest absolute Gasteiger partial charge is 0.333 e. The van der Waals surface area contributed by atoms with Gasteiger partial charge in [-0.05, 0) is 74.0 Å². The van der Waals surface area contributed by atoms with Gasteiger partial charge in [-0.3, -0.25) is 4.79 Å². The van der Waals surface area contributed by atoms with Crippen LogP contribution in [0.3, 0.4) is 0 Å². The van der Waals surface area contributed by atoms with Gasteiger partial charge in [0.15, 0.2) is 6.04 Å². The number of amides is 1. The second-order valence-electron chi connectivity index (χ2n) is 9.17. The van der Waals surface area contributed by atoms with Crippen LogP contribution in [-0.2, 0) is 26.0 Å². The Bertz CT molecular complexity index is 1260. The first-order chi connectivity index (χ1) is 17.7. The Morgan fingerprint density at radius 1 is 0.919 bits per heavy atom. The molecule has 2 aliphatic heterocycles. The first-order valence-electron chi connectivity index (χ1n) is 12.1. The quantitative estimate of drug-likeness (QED) is 0.521. The van der Waals surface area contributed by atoms with Gasteiger partial charge >= 0.3 is 5.97 Å². The van der Waals surface area contributed by atoms with E-state index < -0.39 is 22.0 Å². The third kappa shape index (κ3) is 5.29. The van der Waals surface area contributed by atoms with Crippen LogP contribution in [0, 0.1) is 0 Å². The van der Waals surface area contributed by atoms with E-state index in [1.54, 1.807) is 30.3 Å². The van der Waals surface area contributed by atoms with Crippen LogP contribution < -0.4 is 9.47 Å². The number of likely N-dealkylation sites (N-methyl/N-ethyl adjacent to an activating group) is 1. The van der Waals surface area contributed by atoms with Crippen LogP contribution in [0.2, 0.25) is 0 Å². The molecule has 1 amide bonds. The minimum absolute atomic E-state index is 0.0223. The molecule has 2 aliphatic rings. The molecule has 200 valence electrons. The molecule has 2 aromatic rings. The number of hydrogen-bond acceptors (Lipinski definition) is 8. The average Bonchev–Trinajstić information content (AvgIpc) is 3.15. The van der Waals surface area contributed by atoms with Gasteiger partial charge in [0.1, 0.15) is 16.4 Å². The SMILES string of the molecule is COC(=O)C1c2cc(S(=O)(=O)N3CCCN(C)CC3)c(OC)cc2CCN1C(=O)c1ccc(OC)cc1. The standard InChI is InChI=1S/C26H33N3O7S/c1-27-11-5-12-28(15-14-27)37(32,33)23-17-21-19(16-22(23)35-3)10-13-29(24(21)26(31)36-4)25(30)18-6-8-20(34-2)9-7-18/h6-9,16-17,24H,5,10-15H2,1-4H3. The number of fused-ring (bicyclic) bond motifs is 1. The van der Waals surface area contributed by atoms with Gasteiger partial charge in [0.25, 0.3) is 5.91 Å². The molecule has 1 atom stereocenters. The number of carbonyl (C=O) groups is 2. The lowest BCUT2D eigenvalue weighted by atomic mass is 9.91. The highest BCUT2D eigenvalue weighted by atomic mass is 32.2. The van der Waals surface area contributed by atoms with Gasteiger partial charge in [0.2, 0.25) is 10.0 Å². The summed E-state index contributed by atoms with van der Waals surface area (Å²) >= 11 is 0. The Morgan fingerprint density at radius 3 is 2.30 bits per heavy atom. The summed E-state index contributed by atoms with van der Waals surface area (Å²) in [4.78, 5) is 30.0. The normalized spacial score (nSPS) is 19.0. The van der Waals surface area contributed by atoms with E-state index in [1.807, 2.05) is 7.05 Å². The molecule has 0 N–H and O–H groups in total. The second-order valence-corrected chi connectivity index (χ2v) is 11.1. The summed E-state index contributed by atoms with van der Waals surface area (Å²) in [6.07, 6.45) is 1.13. The largest absolute Gasteiger partial charge is 0.497 e. The Kier molecular flexibility index (Phi) is 8.05. The molecular formula is C26H33N3O7S. The van der Waals surface area contributed by atoms with Crippen molar-refractivity contribution in [2.45, 2.75) is 23.8 Å². The molecule has 0 aromatic heterocycles. The van der Waals surface area contributed by atoms with E-state index in [0.717, 1.165) is 12.1 Å². The number of sulfonamides is 1. The molecular weight excluding hydrogens is 498 g/mol. The van der Waals surface area contributed by atoms with Gasteiger partial charge in [-0.1, -0.05) is 0 Å². The lowest BCUT2D eigenvalue weighted by Gasteiger charge is -2.36. The Hall–Kier alpha value is -3.15. The fourth-order valence-electron chi connectivity index (χ4n) is 4.87. The van der Waals surface area contributed by atoms with Crippen LogP contribution >= 0.6 is 0 Å². The number of methoxy groups -OCH3 is 3. The summed E-state index contributed by atoms with van der Waals surface area (Å²) in [7, 11) is 2.25. The van der Waals surface area contributed by atoms with Gasteiger partial charge in [0, 0.05) is 31.7 Å². The number of carbonyl (C=O) groups excluding carboxylic acids is 2. The van der Waals surface area contributed by atoms with E-state index in [1.165, 1.54) is 36.6 Å². The molecule has 0 bridgehead atoms. The molecule has 0 saturated carbocycles. The van der Waals surface area contributed by atoms with Crippen molar-refractivity contribution in [2.75, 3.05) is 61.1 Å². The van der Waals surface area contributed by atoms with Crippen LogP contribution in [0.1, 0.15) is 33.9 Å². The van der Waals surface area contributed by atoms with E-state index in [0.29, 0.717) is 49.4 Å². The molecule has 4 rings (SSSR count). The zero-order valence-corrected chi connectivity index (χ0v) is 22.4. The molecule has 2 heterocycles. The number of benzene rings is 2. The molecule has 1 fully saturated rings. The van der Waals surface area contributed by atoms with E-state index in [4.69, 9.17) is 14.2 Å². The van der Waals surface area contributed by atoms with Gasteiger partial charge in [0.05, 0.1) is 21.3 Å². The fraction of sp³-hybridized carbons (Fsp3) is 0.462. The number of esters is 1. The highest BCUT2D eigenvalue weighted by Gasteiger charge is 2.40. The average molecular weight is 532 g/mol. The predicted molar refractivity (Wildman–Crippen MR) is 136 cm³/mol. The van der Waals surface area contributed by atoms with Crippen LogP contribution in [0.4, 0.5) is 0 Å². The molecule has 11 heteroatoms. The van der Waals surface area contributed by atoms with Crippen LogP contribution in [0.25, 0.3) is 0 Å². The fourth-order valence-corrected chi connectivity index (χ4v) is 6.52. The number of rotatable bonds is 6. The topological polar surface area (TPSA) is 106 Å².